The van der Waals surface area contributed by atoms with E-state index < -0.39 is 0 Å². The summed E-state index contributed by atoms with van der Waals surface area (Å²) in [5.41, 5.74) is 1.86. The first-order valence-electron chi connectivity index (χ1n) is 7.56. The van der Waals surface area contributed by atoms with E-state index in [2.05, 4.69) is 47.0 Å². The first-order chi connectivity index (χ1) is 13.0. The zero-order chi connectivity index (χ0) is 19.2. The topological polar surface area (TPSA) is 109 Å². The molecule has 12 heteroatoms. The second-order valence-electron chi connectivity index (χ2n) is 5.14. The van der Waals surface area contributed by atoms with Crippen molar-refractivity contribution in [3.05, 3.63) is 34.3 Å². The fourth-order valence-electron chi connectivity index (χ4n) is 1.90. The van der Waals surface area contributed by atoms with Crippen LogP contribution in [0.1, 0.15) is 12.5 Å². The van der Waals surface area contributed by atoms with E-state index in [1.165, 1.54) is 41.8 Å². The maximum atomic E-state index is 12.1. The quantitative estimate of drug-likeness (QED) is 0.498. The van der Waals surface area contributed by atoms with Crippen molar-refractivity contribution >= 4 is 78.6 Å². The van der Waals surface area contributed by atoms with Gasteiger partial charge in [-0.2, -0.15) is 5.10 Å². The lowest BCUT2D eigenvalue weighted by molar-refractivity contribution is -0.117. The molecule has 0 atom stereocenters. The van der Waals surface area contributed by atoms with Crippen molar-refractivity contribution in [1.82, 2.24) is 15.5 Å². The minimum Gasteiger partial charge on any atom is -0.303 e. The Balaban J connectivity index is 1.50. The minimum absolute atomic E-state index is 0.164. The van der Waals surface area contributed by atoms with Crippen molar-refractivity contribution in [2.24, 2.45) is 10.2 Å². The van der Waals surface area contributed by atoms with Gasteiger partial charge in [0.2, 0.25) is 16.9 Å². The van der Waals surface area contributed by atoms with Gasteiger partial charge in [-0.1, -0.05) is 62.9 Å². The monoisotopic (exact) mass is 484 g/mol. The third-order valence-electron chi connectivity index (χ3n) is 3.05. The Morgan fingerprint density at radius 3 is 2.63 bits per heavy atom. The molecule has 0 saturated heterocycles. The molecule has 8 nitrogen and oxygen atoms in total. The summed E-state index contributed by atoms with van der Waals surface area (Å²) in [6.07, 6.45) is 0. The number of amidine groups is 1. The van der Waals surface area contributed by atoms with E-state index in [0.717, 1.165) is 15.7 Å². The van der Waals surface area contributed by atoms with Gasteiger partial charge >= 0.3 is 0 Å². The van der Waals surface area contributed by atoms with Crippen molar-refractivity contribution in [2.75, 3.05) is 16.8 Å². The highest BCUT2D eigenvalue weighted by Crippen LogP contribution is 2.25. The lowest BCUT2D eigenvalue weighted by atomic mass is 10.1. The molecule has 2 aromatic rings. The van der Waals surface area contributed by atoms with Crippen LogP contribution in [-0.2, 0) is 9.59 Å². The van der Waals surface area contributed by atoms with Gasteiger partial charge in [0, 0.05) is 17.1 Å². The van der Waals surface area contributed by atoms with Gasteiger partial charge in [-0.3, -0.25) is 9.59 Å². The van der Waals surface area contributed by atoms with Crippen LogP contribution >= 0.6 is 50.8 Å². The molecule has 27 heavy (non-hydrogen) atoms. The number of hydrogen-bond acceptors (Lipinski definition) is 9. The smallest absolute Gasteiger partial charge is 0.236 e. The van der Waals surface area contributed by atoms with Gasteiger partial charge in [-0.05, 0) is 17.7 Å². The van der Waals surface area contributed by atoms with Crippen LogP contribution < -0.4 is 10.6 Å². The van der Waals surface area contributed by atoms with E-state index in [-0.39, 0.29) is 17.6 Å². The number of nitrogens with one attached hydrogen (secondary N) is 2. The molecule has 1 aliphatic heterocycles. The summed E-state index contributed by atoms with van der Waals surface area (Å²) in [5, 5.41) is 22.2. The Labute approximate surface area is 175 Å². The van der Waals surface area contributed by atoms with Crippen molar-refractivity contribution in [3.8, 4) is 0 Å². The molecule has 1 aliphatic rings. The van der Waals surface area contributed by atoms with Gasteiger partial charge in [-0.15, -0.1) is 15.3 Å². The molecular formula is C15H13BrN6O2S3. The third-order valence-corrected chi connectivity index (χ3v) is 6.42. The lowest BCUT2D eigenvalue weighted by Gasteiger charge is -2.12. The Morgan fingerprint density at radius 2 is 1.96 bits per heavy atom. The van der Waals surface area contributed by atoms with Crippen molar-refractivity contribution < 1.29 is 9.59 Å². The van der Waals surface area contributed by atoms with Crippen LogP contribution in [0.5, 0.6) is 0 Å². The number of hydrogen-bond donors (Lipinski definition) is 2. The molecular weight excluding hydrogens is 472 g/mol. The number of halogens is 1. The van der Waals surface area contributed by atoms with Crippen LogP contribution in [0.15, 0.2) is 43.3 Å². The van der Waals surface area contributed by atoms with Crippen LogP contribution in [0.4, 0.5) is 5.13 Å². The van der Waals surface area contributed by atoms with Gasteiger partial charge in [0.05, 0.1) is 11.5 Å². The van der Waals surface area contributed by atoms with Crippen LogP contribution in [0.3, 0.4) is 0 Å². The molecule has 2 heterocycles. The summed E-state index contributed by atoms with van der Waals surface area (Å²) in [4.78, 5) is 23.0. The van der Waals surface area contributed by atoms with Crippen LogP contribution in [-0.4, -0.2) is 44.4 Å². The largest absolute Gasteiger partial charge is 0.303 e. The molecule has 2 N–H and O–H groups in total. The minimum atomic E-state index is -0.212. The number of amides is 2. The number of anilines is 1. The fourth-order valence-corrected chi connectivity index (χ4v) is 4.54. The van der Waals surface area contributed by atoms with Gasteiger partial charge in [0.25, 0.3) is 0 Å². The first-order valence-corrected chi connectivity index (χ1v) is 11.1. The molecule has 0 fully saturated rings. The van der Waals surface area contributed by atoms with Gasteiger partial charge in [-0.25, -0.2) is 0 Å². The van der Waals surface area contributed by atoms with E-state index in [1.807, 2.05) is 24.3 Å². The molecule has 0 saturated carbocycles. The highest BCUT2D eigenvalue weighted by molar-refractivity contribution is 9.10. The number of nitrogens with zero attached hydrogens (tertiary/aromatic N) is 4. The number of rotatable bonds is 5. The Bertz CT molecular complexity index is 913. The highest BCUT2D eigenvalue weighted by atomic mass is 79.9. The number of carbonyl (C=O) groups is 2. The van der Waals surface area contributed by atoms with Crippen molar-refractivity contribution in [2.45, 2.75) is 11.3 Å². The number of thioether (sulfide) groups is 2. The molecule has 0 bridgehead atoms. The van der Waals surface area contributed by atoms with E-state index in [1.54, 1.807) is 0 Å². The predicted molar refractivity (Wildman–Crippen MR) is 114 cm³/mol. The van der Waals surface area contributed by atoms with E-state index in [4.69, 9.17) is 0 Å². The van der Waals surface area contributed by atoms with Gasteiger partial charge in [0.15, 0.2) is 9.51 Å². The molecule has 0 aliphatic carbocycles. The normalized spacial score (nSPS) is 13.6. The van der Waals surface area contributed by atoms with Crippen molar-refractivity contribution in [3.63, 3.8) is 0 Å². The van der Waals surface area contributed by atoms with E-state index >= 15 is 0 Å². The fraction of sp³-hybridized carbons (Fsp3) is 0.200. The first kappa shape index (κ1) is 20.0. The molecule has 3 rings (SSSR count). The van der Waals surface area contributed by atoms with E-state index in [0.29, 0.717) is 20.4 Å². The molecule has 2 amide bonds. The average Bonchev–Trinajstić information content (AvgIpc) is 3.08. The maximum Gasteiger partial charge on any atom is 0.236 e. The highest BCUT2D eigenvalue weighted by Gasteiger charge is 2.15. The summed E-state index contributed by atoms with van der Waals surface area (Å²) in [5.74, 6) is 0.378. The van der Waals surface area contributed by atoms with Gasteiger partial charge in [0.1, 0.15) is 0 Å². The molecule has 0 unspecified atom stereocenters. The van der Waals surface area contributed by atoms with E-state index in [9.17, 15) is 9.59 Å². The molecule has 1 aromatic heterocycles. The number of benzene rings is 1. The zero-order valence-electron chi connectivity index (χ0n) is 13.9. The van der Waals surface area contributed by atoms with Crippen molar-refractivity contribution in [1.29, 1.82) is 0 Å². The van der Waals surface area contributed by atoms with Crippen LogP contribution in [0, 0.1) is 0 Å². The molecule has 0 radical (unpaired) electrons. The molecule has 140 valence electrons. The second kappa shape index (κ2) is 9.44. The second-order valence-corrected chi connectivity index (χ2v) is 9.22. The maximum absolute atomic E-state index is 12.1. The average molecular weight is 485 g/mol. The summed E-state index contributed by atoms with van der Waals surface area (Å²) in [6, 6.07) is 7.84. The third kappa shape index (κ3) is 6.13. The standard InChI is InChI=1S/C15H13BrN6O2S3/c1-8(23)17-14-21-22-15(27-14)26-7-12(24)18-13-20-19-11(6-25-13)9-2-4-10(16)5-3-9/h2-5H,6-7H2,1H3,(H,17,21,23)(H,18,20,24). The molecule has 1 aromatic carbocycles. The Kier molecular flexibility index (Phi) is 6.99. The number of aromatic nitrogens is 2. The SMILES string of the molecule is CC(=O)Nc1nnc(SCC(=O)NC2=NN=C(c3ccc(Br)cc3)CS2)s1. The number of carbonyl (C=O) groups excluding carboxylic acids is 2. The molecule has 0 spiro atoms. The summed E-state index contributed by atoms with van der Waals surface area (Å²) in [6.45, 7) is 1.40. The van der Waals surface area contributed by atoms with Gasteiger partial charge < -0.3 is 10.6 Å². The zero-order valence-corrected chi connectivity index (χ0v) is 18.0. The predicted octanol–water partition coefficient (Wildman–Crippen LogP) is 2.97. The lowest BCUT2D eigenvalue weighted by Crippen LogP contribution is -2.31. The summed E-state index contributed by atoms with van der Waals surface area (Å²) >= 11 is 7.28. The summed E-state index contributed by atoms with van der Waals surface area (Å²) in [7, 11) is 0. The van der Waals surface area contributed by atoms with Crippen LogP contribution in [0.25, 0.3) is 0 Å². The summed E-state index contributed by atoms with van der Waals surface area (Å²) < 4.78 is 1.60. The Morgan fingerprint density at radius 1 is 1.19 bits per heavy atom. The van der Waals surface area contributed by atoms with Crippen LogP contribution in [0.2, 0.25) is 0 Å². The Hall–Kier alpha value is -1.76.